The monoisotopic (exact) mass is 233 g/mol. The number of nitrogens with one attached hydrogen (secondary N) is 1. The standard InChI is InChI=1S/C12H15N3O2/c16-11(10-4-2-1-3-5-10)8-13-7-6-12-14-9-17-15-12/h1-5,9,11,13,16H,6-8H2. The van der Waals surface area contributed by atoms with Gasteiger partial charge >= 0.3 is 0 Å². The molecular weight excluding hydrogens is 218 g/mol. The SMILES string of the molecule is OC(CNCCc1ncon1)c1ccccc1. The molecule has 1 aromatic heterocycles. The maximum Gasteiger partial charge on any atom is 0.213 e. The van der Waals surface area contributed by atoms with Crippen LogP contribution < -0.4 is 5.32 Å². The third kappa shape index (κ3) is 3.65. The lowest BCUT2D eigenvalue weighted by atomic mass is 10.1. The van der Waals surface area contributed by atoms with Crippen molar-refractivity contribution >= 4 is 0 Å². The first-order valence-electron chi connectivity index (χ1n) is 5.55. The van der Waals surface area contributed by atoms with Crippen LogP contribution in [0.25, 0.3) is 0 Å². The Kier molecular flexibility index (Phi) is 4.23. The van der Waals surface area contributed by atoms with E-state index in [1.54, 1.807) is 0 Å². The molecule has 2 N–H and O–H groups in total. The van der Waals surface area contributed by atoms with Crippen LogP contribution in [0.15, 0.2) is 41.2 Å². The molecule has 1 aromatic carbocycles. The Labute approximate surface area is 99.5 Å². The number of hydrogen-bond acceptors (Lipinski definition) is 5. The van der Waals surface area contributed by atoms with Crippen molar-refractivity contribution in [1.29, 1.82) is 0 Å². The Balaban J connectivity index is 1.68. The lowest BCUT2D eigenvalue weighted by Crippen LogP contribution is -2.24. The minimum Gasteiger partial charge on any atom is -0.387 e. The van der Waals surface area contributed by atoms with Crippen LogP contribution in [0.1, 0.15) is 17.5 Å². The van der Waals surface area contributed by atoms with Gasteiger partial charge in [-0.1, -0.05) is 35.5 Å². The molecule has 0 aliphatic rings. The molecule has 0 saturated carbocycles. The molecule has 0 bridgehead atoms. The largest absolute Gasteiger partial charge is 0.387 e. The molecule has 5 nitrogen and oxygen atoms in total. The van der Waals surface area contributed by atoms with Crippen LogP contribution in [-0.2, 0) is 6.42 Å². The van der Waals surface area contributed by atoms with Crippen molar-refractivity contribution < 1.29 is 9.63 Å². The zero-order valence-electron chi connectivity index (χ0n) is 9.41. The summed E-state index contributed by atoms with van der Waals surface area (Å²) in [6, 6.07) is 9.58. The first-order chi connectivity index (χ1) is 8.36. The van der Waals surface area contributed by atoms with Gasteiger partial charge < -0.3 is 14.9 Å². The minimum atomic E-state index is -0.485. The highest BCUT2D eigenvalue weighted by atomic mass is 16.5. The summed E-state index contributed by atoms with van der Waals surface area (Å²) in [4.78, 5) is 3.91. The summed E-state index contributed by atoms with van der Waals surface area (Å²) >= 11 is 0. The molecule has 1 heterocycles. The summed E-state index contributed by atoms with van der Waals surface area (Å²) in [5.74, 6) is 0.673. The van der Waals surface area contributed by atoms with E-state index in [9.17, 15) is 5.11 Å². The van der Waals surface area contributed by atoms with E-state index < -0.39 is 6.10 Å². The molecule has 5 heteroatoms. The van der Waals surface area contributed by atoms with E-state index in [4.69, 9.17) is 0 Å². The molecule has 2 aromatic rings. The molecule has 0 fully saturated rings. The normalized spacial score (nSPS) is 12.5. The molecule has 1 unspecified atom stereocenters. The quantitative estimate of drug-likeness (QED) is 0.726. The molecule has 1 atom stereocenters. The Bertz CT molecular complexity index is 417. The third-order valence-electron chi connectivity index (χ3n) is 2.45. The van der Waals surface area contributed by atoms with Gasteiger partial charge in [0.1, 0.15) is 0 Å². The van der Waals surface area contributed by atoms with Gasteiger partial charge in [-0.25, -0.2) is 0 Å². The van der Waals surface area contributed by atoms with Gasteiger partial charge in [0.05, 0.1) is 6.10 Å². The van der Waals surface area contributed by atoms with Crippen molar-refractivity contribution in [2.24, 2.45) is 0 Å². The highest BCUT2D eigenvalue weighted by Crippen LogP contribution is 2.10. The van der Waals surface area contributed by atoms with Crippen molar-refractivity contribution in [2.75, 3.05) is 13.1 Å². The van der Waals surface area contributed by atoms with E-state index in [2.05, 4.69) is 20.0 Å². The van der Waals surface area contributed by atoms with E-state index in [1.807, 2.05) is 30.3 Å². The summed E-state index contributed by atoms with van der Waals surface area (Å²) < 4.78 is 4.62. The average Bonchev–Trinajstić information content (AvgIpc) is 2.88. The smallest absolute Gasteiger partial charge is 0.213 e. The first kappa shape index (κ1) is 11.8. The van der Waals surface area contributed by atoms with Gasteiger partial charge in [-0.2, -0.15) is 4.98 Å². The fourth-order valence-corrected chi connectivity index (χ4v) is 1.53. The number of benzene rings is 1. The van der Waals surface area contributed by atoms with Crippen LogP contribution in [0, 0.1) is 0 Å². The Hall–Kier alpha value is -1.72. The van der Waals surface area contributed by atoms with Crippen molar-refractivity contribution in [3.63, 3.8) is 0 Å². The summed E-state index contributed by atoms with van der Waals surface area (Å²) in [7, 11) is 0. The zero-order chi connectivity index (χ0) is 11.9. The summed E-state index contributed by atoms with van der Waals surface area (Å²) in [6.07, 6.45) is 1.52. The average molecular weight is 233 g/mol. The molecular formula is C12H15N3O2. The molecule has 0 aliphatic heterocycles. The molecule has 17 heavy (non-hydrogen) atoms. The second-order valence-electron chi connectivity index (χ2n) is 3.73. The molecule has 0 aliphatic carbocycles. The Morgan fingerprint density at radius 1 is 1.29 bits per heavy atom. The minimum absolute atomic E-state index is 0.485. The predicted octanol–water partition coefficient (Wildman–Crippen LogP) is 0.935. The molecule has 0 spiro atoms. The maximum atomic E-state index is 9.87. The molecule has 0 saturated heterocycles. The fourth-order valence-electron chi connectivity index (χ4n) is 1.53. The molecule has 2 rings (SSSR count). The lowest BCUT2D eigenvalue weighted by Gasteiger charge is -2.11. The fraction of sp³-hybridized carbons (Fsp3) is 0.333. The van der Waals surface area contributed by atoms with Gasteiger partial charge in [0.15, 0.2) is 5.82 Å². The van der Waals surface area contributed by atoms with E-state index in [0.29, 0.717) is 25.3 Å². The number of aliphatic hydroxyl groups is 1. The number of aliphatic hydroxyl groups excluding tert-OH is 1. The van der Waals surface area contributed by atoms with Crippen LogP contribution in [-0.4, -0.2) is 28.3 Å². The predicted molar refractivity (Wildman–Crippen MR) is 62.3 cm³/mol. The van der Waals surface area contributed by atoms with Crippen LogP contribution in [0.3, 0.4) is 0 Å². The molecule has 0 amide bonds. The first-order valence-corrected chi connectivity index (χ1v) is 5.55. The van der Waals surface area contributed by atoms with Crippen molar-refractivity contribution in [3.8, 4) is 0 Å². The van der Waals surface area contributed by atoms with E-state index >= 15 is 0 Å². The number of hydrogen-bond donors (Lipinski definition) is 2. The van der Waals surface area contributed by atoms with Crippen LogP contribution in [0.2, 0.25) is 0 Å². The Morgan fingerprint density at radius 3 is 2.82 bits per heavy atom. The van der Waals surface area contributed by atoms with Crippen molar-refractivity contribution in [1.82, 2.24) is 15.5 Å². The van der Waals surface area contributed by atoms with Gasteiger partial charge in [0.2, 0.25) is 6.39 Å². The van der Waals surface area contributed by atoms with Gasteiger partial charge in [0, 0.05) is 19.5 Å². The second kappa shape index (κ2) is 6.12. The van der Waals surface area contributed by atoms with Gasteiger partial charge in [-0.05, 0) is 5.56 Å². The second-order valence-corrected chi connectivity index (χ2v) is 3.73. The number of rotatable bonds is 6. The zero-order valence-corrected chi connectivity index (χ0v) is 9.41. The van der Waals surface area contributed by atoms with Crippen LogP contribution in [0.5, 0.6) is 0 Å². The van der Waals surface area contributed by atoms with Gasteiger partial charge in [-0.3, -0.25) is 0 Å². The van der Waals surface area contributed by atoms with Crippen molar-refractivity contribution in [2.45, 2.75) is 12.5 Å². The van der Waals surface area contributed by atoms with Gasteiger partial charge in [-0.15, -0.1) is 0 Å². The number of aromatic nitrogens is 2. The third-order valence-corrected chi connectivity index (χ3v) is 2.45. The van der Waals surface area contributed by atoms with E-state index in [0.717, 1.165) is 5.56 Å². The van der Waals surface area contributed by atoms with E-state index in [1.165, 1.54) is 6.39 Å². The highest BCUT2D eigenvalue weighted by Gasteiger charge is 2.06. The van der Waals surface area contributed by atoms with Crippen LogP contribution in [0.4, 0.5) is 0 Å². The summed E-state index contributed by atoms with van der Waals surface area (Å²) in [6.45, 7) is 1.23. The summed E-state index contributed by atoms with van der Waals surface area (Å²) in [5.41, 5.74) is 0.916. The van der Waals surface area contributed by atoms with Crippen molar-refractivity contribution in [3.05, 3.63) is 48.1 Å². The Morgan fingerprint density at radius 2 is 2.12 bits per heavy atom. The summed E-state index contributed by atoms with van der Waals surface area (Å²) in [5, 5.41) is 16.7. The van der Waals surface area contributed by atoms with Gasteiger partial charge in [0.25, 0.3) is 0 Å². The lowest BCUT2D eigenvalue weighted by molar-refractivity contribution is 0.175. The van der Waals surface area contributed by atoms with Crippen LogP contribution >= 0.6 is 0 Å². The van der Waals surface area contributed by atoms with E-state index in [-0.39, 0.29) is 0 Å². The molecule has 0 radical (unpaired) electrons. The topological polar surface area (TPSA) is 71.2 Å². The maximum absolute atomic E-state index is 9.87. The number of nitrogens with zero attached hydrogens (tertiary/aromatic N) is 2. The highest BCUT2D eigenvalue weighted by molar-refractivity contribution is 5.17. The molecule has 90 valence electrons.